The van der Waals surface area contributed by atoms with Crippen molar-refractivity contribution in [3.63, 3.8) is 0 Å². The van der Waals surface area contributed by atoms with Crippen molar-refractivity contribution in [3.05, 3.63) is 0 Å². The molecule has 0 saturated carbocycles. The lowest BCUT2D eigenvalue weighted by Crippen LogP contribution is -2.52. The van der Waals surface area contributed by atoms with Crippen molar-refractivity contribution in [2.45, 2.75) is 187 Å². The monoisotopic (exact) mass is 643 g/mol. The van der Waals surface area contributed by atoms with Crippen LogP contribution in [0.4, 0.5) is 0 Å². The third-order valence-electron chi connectivity index (χ3n) is 9.39. The third kappa shape index (κ3) is 27.4. The first-order valence-electron chi connectivity index (χ1n) is 19.8. The Labute approximate surface area is 281 Å². The van der Waals surface area contributed by atoms with Gasteiger partial charge in [-0.3, -0.25) is 0 Å². The van der Waals surface area contributed by atoms with Gasteiger partial charge in [0.15, 0.2) is 0 Å². The van der Waals surface area contributed by atoms with Crippen LogP contribution in [0.15, 0.2) is 0 Å². The van der Waals surface area contributed by atoms with Gasteiger partial charge >= 0.3 is 0 Å². The van der Waals surface area contributed by atoms with Gasteiger partial charge in [0.2, 0.25) is 0 Å². The normalized spacial score (nSPS) is 16.7. The largest absolute Gasteiger partial charge is 0.379 e. The van der Waals surface area contributed by atoms with Crippen molar-refractivity contribution < 1.29 is 28.2 Å². The average Bonchev–Trinajstić information content (AvgIpc) is 3.00. The molecule has 0 aliphatic carbocycles. The molecule has 0 unspecified atom stereocenters. The highest BCUT2D eigenvalue weighted by Gasteiger charge is 2.35. The van der Waals surface area contributed by atoms with Crippen molar-refractivity contribution in [2.24, 2.45) is 0 Å². The number of ether oxygens (including phenoxy) is 5. The highest BCUT2D eigenvalue weighted by atomic mass is 16.9. The molecule has 1 saturated heterocycles. The Morgan fingerprint density at radius 3 is 1.16 bits per heavy atom. The van der Waals surface area contributed by atoms with E-state index < -0.39 is 5.97 Å². The zero-order valence-corrected chi connectivity index (χ0v) is 31.2. The third-order valence-corrected chi connectivity index (χ3v) is 9.39. The summed E-state index contributed by atoms with van der Waals surface area (Å²) < 4.78 is 31.8. The summed E-state index contributed by atoms with van der Waals surface area (Å²) in [5, 5.41) is 0. The standard InChI is InChI=1S/C39H80NO5/c1-6-8-10-12-14-16-18-20-22-24-26-28-32-41-36-38(45-39(3)43-34-30-40(4,5)31-35-44-39)37-42-33-29-27-25-23-21-19-17-15-13-11-9-7-2/h38H,6-37H2,1-5H3/q+1. The van der Waals surface area contributed by atoms with E-state index in [1.165, 1.54) is 141 Å². The van der Waals surface area contributed by atoms with E-state index in [4.69, 9.17) is 23.7 Å². The molecule has 0 atom stereocenters. The van der Waals surface area contributed by atoms with Crippen LogP contribution in [0, 0.1) is 0 Å². The van der Waals surface area contributed by atoms with Crippen molar-refractivity contribution in [3.8, 4) is 0 Å². The molecule has 1 aliphatic rings. The summed E-state index contributed by atoms with van der Waals surface area (Å²) in [7, 11) is 4.43. The lowest BCUT2D eigenvalue weighted by atomic mass is 10.1. The molecule has 1 aliphatic heterocycles. The van der Waals surface area contributed by atoms with Gasteiger partial charge in [0, 0.05) is 20.1 Å². The predicted molar refractivity (Wildman–Crippen MR) is 191 cm³/mol. The fourth-order valence-electron chi connectivity index (χ4n) is 6.12. The van der Waals surface area contributed by atoms with E-state index in [0.29, 0.717) is 26.4 Å². The Bertz CT molecular complexity index is 572. The summed E-state index contributed by atoms with van der Waals surface area (Å²) in [6.45, 7) is 12.2. The molecule has 45 heavy (non-hydrogen) atoms. The van der Waals surface area contributed by atoms with Crippen LogP contribution in [0.1, 0.15) is 175 Å². The molecule has 0 N–H and O–H groups in total. The number of rotatable bonds is 32. The van der Waals surface area contributed by atoms with Gasteiger partial charge in [0.1, 0.15) is 32.4 Å². The zero-order chi connectivity index (χ0) is 32.7. The van der Waals surface area contributed by atoms with E-state index >= 15 is 0 Å². The van der Waals surface area contributed by atoms with Gasteiger partial charge in [-0.05, 0) is 12.8 Å². The number of hydrogen-bond acceptors (Lipinski definition) is 5. The smallest absolute Gasteiger partial charge is 0.280 e. The van der Waals surface area contributed by atoms with Gasteiger partial charge < -0.3 is 28.2 Å². The maximum Gasteiger partial charge on any atom is 0.280 e. The second-order valence-electron chi connectivity index (χ2n) is 14.6. The molecule has 270 valence electrons. The molecule has 1 heterocycles. The summed E-state index contributed by atoms with van der Waals surface area (Å²) in [6.07, 6.45) is 32.3. The fourth-order valence-corrected chi connectivity index (χ4v) is 6.12. The highest BCUT2D eigenvalue weighted by molar-refractivity contribution is 4.62. The molecule has 0 aromatic heterocycles. The van der Waals surface area contributed by atoms with Crippen LogP contribution < -0.4 is 0 Å². The minimum atomic E-state index is -1.05. The Hall–Kier alpha value is -0.240. The van der Waals surface area contributed by atoms with Crippen LogP contribution in [0.2, 0.25) is 0 Å². The number of unbranched alkanes of at least 4 members (excludes halogenated alkanes) is 22. The minimum Gasteiger partial charge on any atom is -0.379 e. The summed E-state index contributed by atoms with van der Waals surface area (Å²) in [5.74, 6) is -1.05. The Kier molecular flexibility index (Phi) is 28.4. The predicted octanol–water partition coefficient (Wildman–Crippen LogP) is 10.6. The first-order chi connectivity index (χ1) is 21.9. The van der Waals surface area contributed by atoms with Crippen LogP contribution >= 0.6 is 0 Å². The molecular formula is C39H80NO5+. The molecule has 0 aromatic carbocycles. The Balaban J connectivity index is 2.22. The van der Waals surface area contributed by atoms with E-state index in [2.05, 4.69) is 27.9 Å². The van der Waals surface area contributed by atoms with Crippen molar-refractivity contribution in [1.29, 1.82) is 0 Å². The average molecular weight is 643 g/mol. The first kappa shape index (κ1) is 42.8. The zero-order valence-electron chi connectivity index (χ0n) is 31.2. The SMILES string of the molecule is CCCCCCCCCCCCCCOCC(COCCCCCCCCCCCCCC)OC1(C)OCC[N+](C)(C)CCO1. The molecule has 6 nitrogen and oxygen atoms in total. The molecule has 0 aromatic rings. The molecule has 0 radical (unpaired) electrons. The molecule has 0 amide bonds. The quantitative estimate of drug-likeness (QED) is 0.0540. The lowest BCUT2D eigenvalue weighted by Gasteiger charge is -2.39. The van der Waals surface area contributed by atoms with Crippen LogP contribution in [0.25, 0.3) is 0 Å². The van der Waals surface area contributed by atoms with Gasteiger partial charge in [-0.2, -0.15) is 0 Å². The summed E-state index contributed by atoms with van der Waals surface area (Å²) in [4.78, 5) is 0. The topological polar surface area (TPSA) is 46.2 Å². The molecular weight excluding hydrogens is 562 g/mol. The fraction of sp³-hybridized carbons (Fsp3) is 1.00. The minimum absolute atomic E-state index is 0.202. The maximum absolute atomic E-state index is 6.41. The van der Waals surface area contributed by atoms with E-state index in [-0.39, 0.29) is 6.10 Å². The Morgan fingerprint density at radius 2 is 0.822 bits per heavy atom. The first-order valence-corrected chi connectivity index (χ1v) is 19.8. The molecule has 0 bridgehead atoms. The number of hydrogen-bond donors (Lipinski definition) is 0. The van der Waals surface area contributed by atoms with E-state index in [0.717, 1.165) is 43.6 Å². The summed E-state index contributed by atoms with van der Waals surface area (Å²) >= 11 is 0. The number of nitrogens with zero attached hydrogens (tertiary/aromatic N) is 1. The molecule has 1 fully saturated rings. The van der Waals surface area contributed by atoms with E-state index in [1.54, 1.807) is 0 Å². The molecule has 1 rings (SSSR count). The summed E-state index contributed by atoms with van der Waals surface area (Å²) in [6, 6.07) is 0. The van der Waals surface area contributed by atoms with Crippen LogP contribution in [0.3, 0.4) is 0 Å². The van der Waals surface area contributed by atoms with Crippen molar-refractivity contribution >= 4 is 0 Å². The van der Waals surface area contributed by atoms with Crippen LogP contribution in [-0.2, 0) is 23.7 Å². The molecule has 0 spiro atoms. The lowest BCUT2D eigenvalue weighted by molar-refractivity contribution is -0.894. The number of likely N-dealkylation sites (N-methyl/N-ethyl adjacent to an activating group) is 1. The second kappa shape index (κ2) is 29.9. The highest BCUT2D eigenvalue weighted by Crippen LogP contribution is 2.21. The van der Waals surface area contributed by atoms with Crippen molar-refractivity contribution in [2.75, 3.05) is 66.8 Å². The van der Waals surface area contributed by atoms with Crippen LogP contribution in [-0.4, -0.2) is 83.4 Å². The van der Waals surface area contributed by atoms with Gasteiger partial charge in [-0.25, -0.2) is 0 Å². The number of quaternary nitrogens is 1. The van der Waals surface area contributed by atoms with Crippen LogP contribution in [0.5, 0.6) is 0 Å². The van der Waals surface area contributed by atoms with Gasteiger partial charge in [0.25, 0.3) is 5.97 Å². The van der Waals surface area contributed by atoms with E-state index in [9.17, 15) is 0 Å². The van der Waals surface area contributed by atoms with E-state index in [1.807, 2.05) is 6.92 Å². The Morgan fingerprint density at radius 1 is 0.511 bits per heavy atom. The summed E-state index contributed by atoms with van der Waals surface area (Å²) in [5.41, 5.74) is 0. The van der Waals surface area contributed by atoms with Gasteiger partial charge in [-0.1, -0.05) is 155 Å². The van der Waals surface area contributed by atoms with Crippen molar-refractivity contribution in [1.82, 2.24) is 0 Å². The van der Waals surface area contributed by atoms with Gasteiger partial charge in [0.05, 0.1) is 27.3 Å². The van der Waals surface area contributed by atoms with Gasteiger partial charge in [-0.15, -0.1) is 0 Å². The molecule has 6 heteroatoms. The second-order valence-corrected chi connectivity index (χ2v) is 14.6. The maximum atomic E-state index is 6.41.